The molecule has 4 nitrogen and oxygen atoms in total. The molecule has 0 unspecified atom stereocenters. The van der Waals surface area contributed by atoms with E-state index in [1.165, 1.54) is 19.3 Å². The Kier molecular flexibility index (Phi) is 5.80. The van der Waals surface area contributed by atoms with Crippen LogP contribution in [-0.2, 0) is 6.42 Å². The molecule has 1 N–H and O–H groups in total. The fourth-order valence-electron chi connectivity index (χ4n) is 2.95. The first-order valence-corrected chi connectivity index (χ1v) is 9.16. The third-order valence-corrected chi connectivity index (χ3v) is 4.80. The number of hydrogen-bond donors (Lipinski definition) is 1. The van der Waals surface area contributed by atoms with E-state index in [0.29, 0.717) is 16.0 Å². The Morgan fingerprint density at radius 2 is 1.88 bits per heavy atom. The molecule has 6 heteroatoms. The highest BCUT2D eigenvalue weighted by atomic mass is 35.5. The van der Waals surface area contributed by atoms with E-state index >= 15 is 0 Å². The second kappa shape index (κ2) is 8.04. The lowest BCUT2D eigenvalue weighted by molar-refractivity contribution is 0.573. The minimum absolute atomic E-state index is 0.657. The SMILES string of the molecule is Cc1cc(N2CCCCC2)nc(NCCc2ccc(Cl)cc2Cl)n1. The normalized spacial score (nSPS) is 14.7. The first kappa shape index (κ1) is 17.3. The zero-order valence-corrected chi connectivity index (χ0v) is 15.4. The van der Waals surface area contributed by atoms with Crippen LogP contribution in [0, 0.1) is 6.92 Å². The number of nitrogens with one attached hydrogen (secondary N) is 1. The van der Waals surface area contributed by atoms with Gasteiger partial charge in [0.2, 0.25) is 5.95 Å². The van der Waals surface area contributed by atoms with Gasteiger partial charge in [-0.05, 0) is 50.3 Å². The van der Waals surface area contributed by atoms with Gasteiger partial charge in [-0.3, -0.25) is 0 Å². The van der Waals surface area contributed by atoms with Crippen LogP contribution < -0.4 is 10.2 Å². The van der Waals surface area contributed by atoms with E-state index in [0.717, 1.165) is 43.1 Å². The maximum Gasteiger partial charge on any atom is 0.224 e. The van der Waals surface area contributed by atoms with Crippen molar-refractivity contribution in [2.75, 3.05) is 29.9 Å². The Morgan fingerprint density at radius 1 is 1.08 bits per heavy atom. The monoisotopic (exact) mass is 364 g/mol. The van der Waals surface area contributed by atoms with Gasteiger partial charge in [-0.2, -0.15) is 4.98 Å². The predicted molar refractivity (Wildman–Crippen MR) is 101 cm³/mol. The molecule has 2 aromatic rings. The van der Waals surface area contributed by atoms with Crippen molar-refractivity contribution < 1.29 is 0 Å². The van der Waals surface area contributed by atoms with Crippen molar-refractivity contribution in [1.29, 1.82) is 0 Å². The number of benzene rings is 1. The Balaban J connectivity index is 1.63. The van der Waals surface area contributed by atoms with Crippen LogP contribution in [0.1, 0.15) is 30.5 Å². The molecule has 3 rings (SSSR count). The predicted octanol–water partition coefficient (Wildman–Crippen LogP) is 4.74. The van der Waals surface area contributed by atoms with Gasteiger partial charge in [-0.15, -0.1) is 0 Å². The van der Waals surface area contributed by atoms with Crippen molar-refractivity contribution in [2.45, 2.75) is 32.6 Å². The summed E-state index contributed by atoms with van der Waals surface area (Å²) in [5, 5.41) is 4.67. The number of rotatable bonds is 5. The van der Waals surface area contributed by atoms with Crippen LogP contribution in [0.3, 0.4) is 0 Å². The zero-order valence-electron chi connectivity index (χ0n) is 13.9. The molecule has 0 bridgehead atoms. The second-order valence-electron chi connectivity index (χ2n) is 6.15. The third kappa shape index (κ3) is 4.52. The van der Waals surface area contributed by atoms with Crippen molar-refractivity contribution in [1.82, 2.24) is 9.97 Å². The molecular formula is C18H22Cl2N4. The number of anilines is 2. The number of hydrogen-bond acceptors (Lipinski definition) is 4. The molecule has 0 spiro atoms. The zero-order chi connectivity index (χ0) is 16.9. The van der Waals surface area contributed by atoms with Crippen molar-refractivity contribution >= 4 is 35.0 Å². The van der Waals surface area contributed by atoms with Crippen molar-refractivity contribution in [3.05, 3.63) is 45.6 Å². The van der Waals surface area contributed by atoms with Crippen LogP contribution >= 0.6 is 23.2 Å². The van der Waals surface area contributed by atoms with Gasteiger partial charge in [0.1, 0.15) is 5.82 Å². The number of halogens is 2. The molecule has 0 radical (unpaired) electrons. The summed E-state index contributed by atoms with van der Waals surface area (Å²) in [6.07, 6.45) is 4.58. The molecule has 1 aliphatic rings. The number of aryl methyl sites for hydroxylation is 1. The summed E-state index contributed by atoms with van der Waals surface area (Å²) in [5.74, 6) is 1.70. The van der Waals surface area contributed by atoms with E-state index in [2.05, 4.69) is 26.3 Å². The van der Waals surface area contributed by atoms with Crippen molar-refractivity contribution in [2.24, 2.45) is 0 Å². The van der Waals surface area contributed by atoms with E-state index in [-0.39, 0.29) is 0 Å². The Morgan fingerprint density at radius 3 is 2.62 bits per heavy atom. The van der Waals surface area contributed by atoms with Crippen LogP contribution in [0.4, 0.5) is 11.8 Å². The van der Waals surface area contributed by atoms with Crippen LogP contribution in [0.5, 0.6) is 0 Å². The molecule has 128 valence electrons. The summed E-state index contributed by atoms with van der Waals surface area (Å²) in [6.45, 7) is 4.90. The van der Waals surface area contributed by atoms with Crippen molar-refractivity contribution in [3.63, 3.8) is 0 Å². The highest BCUT2D eigenvalue weighted by Crippen LogP contribution is 2.22. The summed E-state index contributed by atoms with van der Waals surface area (Å²) < 4.78 is 0. The average molecular weight is 365 g/mol. The molecule has 1 saturated heterocycles. The molecule has 0 amide bonds. The van der Waals surface area contributed by atoms with Crippen molar-refractivity contribution in [3.8, 4) is 0 Å². The molecular weight excluding hydrogens is 343 g/mol. The summed E-state index contributed by atoms with van der Waals surface area (Å²) in [4.78, 5) is 11.5. The van der Waals surface area contributed by atoms with Crippen LogP contribution in [0.15, 0.2) is 24.3 Å². The average Bonchev–Trinajstić information content (AvgIpc) is 2.57. The molecule has 1 aromatic carbocycles. The van der Waals surface area contributed by atoms with Crippen LogP contribution in [0.2, 0.25) is 10.0 Å². The molecule has 1 aliphatic heterocycles. The van der Waals surface area contributed by atoms with E-state index in [1.54, 1.807) is 6.07 Å². The Hall–Kier alpha value is -1.52. The fourth-order valence-corrected chi connectivity index (χ4v) is 3.45. The fraction of sp³-hybridized carbons (Fsp3) is 0.444. The van der Waals surface area contributed by atoms with Gasteiger partial charge in [-0.25, -0.2) is 4.98 Å². The molecule has 1 fully saturated rings. The van der Waals surface area contributed by atoms with Gasteiger partial charge < -0.3 is 10.2 Å². The lowest BCUT2D eigenvalue weighted by Crippen LogP contribution is -2.30. The Labute approximate surface area is 153 Å². The maximum atomic E-state index is 6.21. The second-order valence-corrected chi connectivity index (χ2v) is 6.99. The third-order valence-electron chi connectivity index (χ3n) is 4.21. The number of aromatic nitrogens is 2. The number of piperidine rings is 1. The van der Waals surface area contributed by atoms with Gasteiger partial charge in [0.25, 0.3) is 0 Å². The summed E-state index contributed by atoms with van der Waals surface area (Å²) in [6, 6.07) is 7.66. The maximum absolute atomic E-state index is 6.21. The van der Waals surface area contributed by atoms with Gasteiger partial charge in [0, 0.05) is 41.4 Å². The first-order chi connectivity index (χ1) is 11.6. The standard InChI is InChI=1S/C18H22Cl2N4/c1-13-11-17(24-9-3-2-4-10-24)23-18(22-13)21-8-7-14-5-6-15(19)12-16(14)20/h5-6,11-12H,2-4,7-10H2,1H3,(H,21,22,23). The first-order valence-electron chi connectivity index (χ1n) is 8.40. The number of nitrogens with zero attached hydrogens (tertiary/aromatic N) is 3. The summed E-state index contributed by atoms with van der Waals surface area (Å²) in [7, 11) is 0. The topological polar surface area (TPSA) is 41.1 Å². The van der Waals surface area contributed by atoms with Gasteiger partial charge >= 0.3 is 0 Å². The minimum atomic E-state index is 0.657. The largest absolute Gasteiger partial charge is 0.356 e. The van der Waals surface area contributed by atoms with Crippen LogP contribution in [0.25, 0.3) is 0 Å². The molecule has 2 heterocycles. The van der Waals surface area contributed by atoms with Gasteiger partial charge in [0.15, 0.2) is 0 Å². The molecule has 0 saturated carbocycles. The smallest absolute Gasteiger partial charge is 0.224 e. The lowest BCUT2D eigenvalue weighted by atomic mass is 10.1. The van der Waals surface area contributed by atoms with Crippen LogP contribution in [-0.4, -0.2) is 29.6 Å². The van der Waals surface area contributed by atoms with E-state index in [9.17, 15) is 0 Å². The summed E-state index contributed by atoms with van der Waals surface area (Å²) in [5.41, 5.74) is 2.05. The molecule has 0 aliphatic carbocycles. The van der Waals surface area contributed by atoms with E-state index in [4.69, 9.17) is 23.2 Å². The quantitative estimate of drug-likeness (QED) is 0.831. The van der Waals surface area contributed by atoms with E-state index in [1.807, 2.05) is 19.1 Å². The van der Waals surface area contributed by atoms with E-state index < -0.39 is 0 Å². The lowest BCUT2D eigenvalue weighted by Gasteiger charge is -2.28. The Bertz CT molecular complexity index is 699. The molecule has 1 aromatic heterocycles. The molecule has 24 heavy (non-hydrogen) atoms. The highest BCUT2D eigenvalue weighted by Gasteiger charge is 2.13. The van der Waals surface area contributed by atoms with Gasteiger partial charge in [0.05, 0.1) is 0 Å². The minimum Gasteiger partial charge on any atom is -0.356 e. The van der Waals surface area contributed by atoms with Gasteiger partial charge in [-0.1, -0.05) is 29.3 Å². The summed E-state index contributed by atoms with van der Waals surface area (Å²) >= 11 is 12.1. The highest BCUT2D eigenvalue weighted by molar-refractivity contribution is 6.35. The molecule has 0 atom stereocenters.